The number of carbonyl (C=O) groups excluding carboxylic acids is 1. The van der Waals surface area contributed by atoms with E-state index in [4.69, 9.17) is 0 Å². The van der Waals surface area contributed by atoms with Crippen molar-refractivity contribution in [3.05, 3.63) is 68.5 Å². The lowest BCUT2D eigenvalue weighted by atomic mass is 10.0. The number of carbonyl (C=O) groups is 1. The van der Waals surface area contributed by atoms with Crippen LogP contribution in [0.1, 0.15) is 24.0 Å². The van der Waals surface area contributed by atoms with Gasteiger partial charge < -0.3 is 9.80 Å². The van der Waals surface area contributed by atoms with Crippen LogP contribution in [0.4, 0.5) is 0 Å². The summed E-state index contributed by atoms with van der Waals surface area (Å²) in [6.07, 6.45) is 4.44. The largest absolute Gasteiger partial charge is 0.340 e. The summed E-state index contributed by atoms with van der Waals surface area (Å²) in [5, 5.41) is 0. The molecule has 0 saturated carbocycles. The summed E-state index contributed by atoms with van der Waals surface area (Å²) < 4.78 is 1.28. The van der Waals surface area contributed by atoms with E-state index in [0.29, 0.717) is 24.7 Å². The first-order valence-corrected chi connectivity index (χ1v) is 9.76. The third kappa shape index (κ3) is 4.98. The van der Waals surface area contributed by atoms with E-state index in [1.807, 2.05) is 11.0 Å². The molecule has 3 rings (SSSR count). The molecule has 2 heterocycles. The number of rotatable bonds is 6. The Hall–Kier alpha value is -2.67. The van der Waals surface area contributed by atoms with Gasteiger partial charge in [0.25, 0.3) is 5.56 Å². The van der Waals surface area contributed by atoms with E-state index in [1.54, 1.807) is 6.92 Å². The van der Waals surface area contributed by atoms with Gasteiger partial charge in [0.05, 0.1) is 0 Å². The Bertz CT molecular complexity index is 919. The smallest absolute Gasteiger partial charge is 0.328 e. The van der Waals surface area contributed by atoms with Gasteiger partial charge in [0.1, 0.15) is 6.54 Å². The fraction of sp³-hybridized carbons (Fsp3) is 0.476. The van der Waals surface area contributed by atoms with Crippen LogP contribution in [0.25, 0.3) is 0 Å². The highest BCUT2D eigenvalue weighted by molar-refractivity contribution is 5.76. The molecule has 1 aliphatic rings. The standard InChI is InChI=1S/C21H28N4O3/c1-16-13-25(21(28)22-20(16)27)15-19(26)24-11-6-9-18(14-24)23(2)12-10-17-7-4-3-5-8-17/h3-5,7-8,13,18H,6,9-12,14-15H2,1-2H3,(H,22,27,28). The Kier molecular flexibility index (Phi) is 6.46. The first-order chi connectivity index (χ1) is 13.4. The van der Waals surface area contributed by atoms with Crippen LogP contribution in [0.15, 0.2) is 46.1 Å². The molecule has 28 heavy (non-hydrogen) atoms. The van der Waals surface area contributed by atoms with Gasteiger partial charge in [-0.25, -0.2) is 4.79 Å². The van der Waals surface area contributed by atoms with E-state index in [0.717, 1.165) is 25.8 Å². The Morgan fingerprint density at radius 1 is 1.25 bits per heavy atom. The van der Waals surface area contributed by atoms with Gasteiger partial charge in [-0.1, -0.05) is 30.3 Å². The third-order valence-electron chi connectivity index (χ3n) is 5.46. The summed E-state index contributed by atoms with van der Waals surface area (Å²) in [6, 6.07) is 10.7. The number of aromatic nitrogens is 2. The van der Waals surface area contributed by atoms with Crippen LogP contribution in [0.2, 0.25) is 0 Å². The lowest BCUT2D eigenvalue weighted by Crippen LogP contribution is -2.50. The number of likely N-dealkylation sites (N-methyl/N-ethyl adjacent to an activating group) is 1. The Morgan fingerprint density at radius 3 is 2.75 bits per heavy atom. The van der Waals surface area contributed by atoms with Crippen molar-refractivity contribution in [1.29, 1.82) is 0 Å². The molecule has 7 heteroatoms. The molecule has 150 valence electrons. The lowest BCUT2D eigenvalue weighted by molar-refractivity contribution is -0.134. The van der Waals surface area contributed by atoms with E-state index < -0.39 is 11.2 Å². The minimum absolute atomic E-state index is 0.0447. The van der Waals surface area contributed by atoms with Crippen LogP contribution in [0.3, 0.4) is 0 Å². The van der Waals surface area contributed by atoms with Gasteiger partial charge in [0.2, 0.25) is 5.91 Å². The first kappa shape index (κ1) is 20.1. The molecular formula is C21H28N4O3. The van der Waals surface area contributed by atoms with E-state index >= 15 is 0 Å². The molecule has 1 atom stereocenters. The molecule has 1 amide bonds. The number of hydrogen-bond donors (Lipinski definition) is 1. The number of piperidine rings is 1. The highest BCUT2D eigenvalue weighted by Crippen LogP contribution is 2.16. The van der Waals surface area contributed by atoms with Gasteiger partial charge >= 0.3 is 5.69 Å². The molecule has 1 saturated heterocycles. The van der Waals surface area contributed by atoms with E-state index in [9.17, 15) is 14.4 Å². The van der Waals surface area contributed by atoms with Crippen molar-refractivity contribution in [2.45, 2.75) is 38.8 Å². The number of hydrogen-bond acceptors (Lipinski definition) is 4. The SMILES string of the molecule is Cc1cn(CC(=O)N2CCCC(N(C)CCc3ccccc3)C2)c(=O)[nH]c1=O. The summed E-state index contributed by atoms with van der Waals surface area (Å²) in [4.78, 5) is 42.5. The average Bonchev–Trinajstić information content (AvgIpc) is 2.71. The van der Waals surface area contributed by atoms with Crippen LogP contribution in [-0.2, 0) is 17.8 Å². The maximum Gasteiger partial charge on any atom is 0.328 e. The molecule has 1 N–H and O–H groups in total. The summed E-state index contributed by atoms with van der Waals surface area (Å²) >= 11 is 0. The number of nitrogens with zero attached hydrogens (tertiary/aromatic N) is 3. The van der Waals surface area contributed by atoms with E-state index in [1.165, 1.54) is 16.3 Å². The molecule has 1 aliphatic heterocycles. The van der Waals surface area contributed by atoms with E-state index in [-0.39, 0.29) is 12.5 Å². The molecule has 1 unspecified atom stereocenters. The van der Waals surface area contributed by atoms with Gasteiger partial charge in [0.15, 0.2) is 0 Å². The van der Waals surface area contributed by atoms with E-state index in [2.05, 4.69) is 41.2 Å². The minimum atomic E-state index is -0.544. The van der Waals surface area contributed by atoms with Crippen LogP contribution >= 0.6 is 0 Å². The highest BCUT2D eigenvalue weighted by atomic mass is 16.2. The highest BCUT2D eigenvalue weighted by Gasteiger charge is 2.26. The molecule has 1 fully saturated rings. The maximum atomic E-state index is 12.7. The number of aromatic amines is 1. The Balaban J connectivity index is 1.58. The lowest BCUT2D eigenvalue weighted by Gasteiger charge is -2.37. The number of likely N-dealkylation sites (tertiary alicyclic amines) is 1. The average molecular weight is 384 g/mol. The predicted molar refractivity (Wildman–Crippen MR) is 108 cm³/mol. The van der Waals surface area contributed by atoms with Crippen molar-refractivity contribution in [3.63, 3.8) is 0 Å². The normalized spacial score (nSPS) is 17.1. The predicted octanol–water partition coefficient (Wildman–Crippen LogP) is 1.01. The van der Waals surface area contributed by atoms with Gasteiger partial charge in [-0.15, -0.1) is 0 Å². The number of aryl methyl sites for hydroxylation is 1. The second-order valence-corrected chi connectivity index (χ2v) is 7.55. The summed E-state index contributed by atoms with van der Waals surface area (Å²) in [5.41, 5.74) is 0.778. The van der Waals surface area contributed by atoms with Crippen LogP contribution < -0.4 is 11.2 Å². The van der Waals surface area contributed by atoms with Crippen LogP contribution in [0, 0.1) is 6.92 Å². The fourth-order valence-corrected chi connectivity index (χ4v) is 3.66. The van der Waals surface area contributed by atoms with Crippen molar-refractivity contribution in [3.8, 4) is 0 Å². The quantitative estimate of drug-likeness (QED) is 0.806. The molecule has 0 aliphatic carbocycles. The zero-order valence-electron chi connectivity index (χ0n) is 16.6. The molecule has 1 aromatic heterocycles. The molecule has 2 aromatic rings. The molecule has 7 nitrogen and oxygen atoms in total. The van der Waals surface area contributed by atoms with Gasteiger partial charge in [-0.2, -0.15) is 0 Å². The maximum absolute atomic E-state index is 12.7. The summed E-state index contributed by atoms with van der Waals surface area (Å²) in [5.74, 6) is -0.0882. The first-order valence-electron chi connectivity index (χ1n) is 9.76. The zero-order valence-corrected chi connectivity index (χ0v) is 16.6. The van der Waals surface area contributed by atoms with Crippen molar-refractivity contribution in [2.24, 2.45) is 0 Å². The Morgan fingerprint density at radius 2 is 2.00 bits per heavy atom. The zero-order chi connectivity index (χ0) is 20.1. The monoisotopic (exact) mass is 384 g/mol. The van der Waals surface area contributed by atoms with Gasteiger partial charge in [-0.3, -0.25) is 19.1 Å². The molecule has 1 aromatic carbocycles. The molecule has 0 spiro atoms. The van der Waals surface area contributed by atoms with Crippen molar-refractivity contribution < 1.29 is 4.79 Å². The number of H-pyrrole nitrogens is 1. The summed E-state index contributed by atoms with van der Waals surface area (Å²) in [6.45, 7) is 3.89. The van der Waals surface area contributed by atoms with Crippen molar-refractivity contribution >= 4 is 5.91 Å². The topological polar surface area (TPSA) is 78.4 Å². The van der Waals surface area contributed by atoms with Crippen LogP contribution in [-0.4, -0.2) is 58.0 Å². The fourth-order valence-electron chi connectivity index (χ4n) is 3.66. The Labute approximate surface area is 164 Å². The molecule has 0 radical (unpaired) electrons. The van der Waals surface area contributed by atoms with Crippen molar-refractivity contribution in [2.75, 3.05) is 26.7 Å². The number of amides is 1. The number of nitrogens with one attached hydrogen (secondary N) is 1. The molecular weight excluding hydrogens is 356 g/mol. The second kappa shape index (κ2) is 9.01. The molecule has 0 bridgehead atoms. The summed E-state index contributed by atoms with van der Waals surface area (Å²) in [7, 11) is 2.11. The second-order valence-electron chi connectivity index (χ2n) is 7.55. The van der Waals surface area contributed by atoms with Crippen molar-refractivity contribution in [1.82, 2.24) is 19.4 Å². The minimum Gasteiger partial charge on any atom is -0.340 e. The van der Waals surface area contributed by atoms with Gasteiger partial charge in [-0.05, 0) is 38.8 Å². The van der Waals surface area contributed by atoms with Gasteiger partial charge in [0, 0.05) is 37.4 Å². The van der Waals surface area contributed by atoms with Crippen LogP contribution in [0.5, 0.6) is 0 Å². The number of benzene rings is 1. The third-order valence-corrected chi connectivity index (χ3v) is 5.46.